The zero-order chi connectivity index (χ0) is 19.5. The van der Waals surface area contributed by atoms with Crippen molar-refractivity contribution >= 4 is 23.4 Å². The first-order valence-electron chi connectivity index (χ1n) is 8.12. The highest BCUT2D eigenvalue weighted by atomic mass is 35.5. The van der Waals surface area contributed by atoms with Crippen LogP contribution in [0, 0.1) is 11.0 Å². The Balaban J connectivity index is 0.000000597. The molecule has 0 fully saturated rings. The van der Waals surface area contributed by atoms with Gasteiger partial charge in [0, 0.05) is 17.3 Å². The molecule has 2 rings (SSSR count). The van der Waals surface area contributed by atoms with Crippen molar-refractivity contribution in [2.45, 2.75) is 20.4 Å². The highest BCUT2D eigenvalue weighted by Gasteiger charge is 2.18. The van der Waals surface area contributed by atoms with Crippen LogP contribution < -0.4 is 14.9 Å². The van der Waals surface area contributed by atoms with Crippen LogP contribution in [-0.2, 0) is 11.3 Å². The number of hydrogen-bond acceptors (Lipinski definition) is 4. The Labute approximate surface area is 157 Å². The topological polar surface area (TPSA) is 68.5 Å². The fourth-order valence-corrected chi connectivity index (χ4v) is 2.13. The lowest BCUT2D eigenvalue weighted by atomic mass is 10.2. The molecule has 0 atom stereocenters. The van der Waals surface area contributed by atoms with E-state index in [1.165, 1.54) is 48.5 Å². The molecule has 1 amide bonds. The first-order valence-corrected chi connectivity index (χ1v) is 8.50. The van der Waals surface area contributed by atoms with Gasteiger partial charge in [0.05, 0.1) is 13.7 Å². The molecule has 8 heteroatoms. The van der Waals surface area contributed by atoms with Crippen molar-refractivity contribution < 1.29 is 18.7 Å². The number of amides is 1. The van der Waals surface area contributed by atoms with Gasteiger partial charge in [0.25, 0.3) is 5.15 Å². The summed E-state index contributed by atoms with van der Waals surface area (Å²) < 4.78 is 18.2. The minimum absolute atomic E-state index is 0.0325. The largest absolute Gasteiger partial charge is 0.618 e. The van der Waals surface area contributed by atoms with Gasteiger partial charge in [0.2, 0.25) is 0 Å². The van der Waals surface area contributed by atoms with Gasteiger partial charge in [0.15, 0.2) is 6.20 Å². The SMILES string of the molecule is CCNCC.COC(=O)N(Cc1ccc(Cl)[n+]([O-])c1)c1ccc(F)cc1. The maximum Gasteiger partial charge on any atom is 0.414 e. The summed E-state index contributed by atoms with van der Waals surface area (Å²) in [6.07, 6.45) is 0.649. The molecule has 0 saturated heterocycles. The Kier molecular flexibility index (Phi) is 9.40. The van der Waals surface area contributed by atoms with E-state index >= 15 is 0 Å². The van der Waals surface area contributed by atoms with E-state index in [9.17, 15) is 14.4 Å². The molecule has 0 spiro atoms. The van der Waals surface area contributed by atoms with Gasteiger partial charge in [-0.1, -0.05) is 13.8 Å². The Morgan fingerprint density at radius 2 is 1.85 bits per heavy atom. The van der Waals surface area contributed by atoms with E-state index in [2.05, 4.69) is 19.2 Å². The van der Waals surface area contributed by atoms with Crippen LogP contribution in [0.1, 0.15) is 19.4 Å². The number of ether oxygens (including phenoxy) is 1. The first-order chi connectivity index (χ1) is 12.4. The van der Waals surface area contributed by atoms with Gasteiger partial charge in [0.1, 0.15) is 5.82 Å². The van der Waals surface area contributed by atoms with Crippen molar-refractivity contribution in [1.82, 2.24) is 5.32 Å². The highest BCUT2D eigenvalue weighted by molar-refractivity contribution is 6.28. The molecule has 2 aromatic rings. The summed E-state index contributed by atoms with van der Waals surface area (Å²) in [6.45, 7) is 6.48. The average Bonchev–Trinajstić information content (AvgIpc) is 2.64. The van der Waals surface area contributed by atoms with E-state index in [0.29, 0.717) is 16.0 Å². The number of benzene rings is 1. The van der Waals surface area contributed by atoms with Gasteiger partial charge in [-0.15, -0.1) is 0 Å². The lowest BCUT2D eigenvalue weighted by Crippen LogP contribution is -2.33. The fourth-order valence-electron chi connectivity index (χ4n) is 2.02. The quantitative estimate of drug-likeness (QED) is 0.487. The Hall–Kier alpha value is -2.38. The van der Waals surface area contributed by atoms with Gasteiger partial charge in [-0.2, -0.15) is 4.73 Å². The molecule has 0 aliphatic carbocycles. The van der Waals surface area contributed by atoms with Crippen molar-refractivity contribution in [1.29, 1.82) is 0 Å². The lowest BCUT2D eigenvalue weighted by molar-refractivity contribution is -0.603. The Bertz CT molecular complexity index is 697. The Morgan fingerprint density at radius 1 is 1.23 bits per heavy atom. The zero-order valence-corrected chi connectivity index (χ0v) is 15.8. The van der Waals surface area contributed by atoms with Gasteiger partial charge >= 0.3 is 6.09 Å². The van der Waals surface area contributed by atoms with Crippen LogP contribution in [0.2, 0.25) is 5.15 Å². The predicted molar refractivity (Wildman–Crippen MR) is 99.6 cm³/mol. The smallest absolute Gasteiger partial charge is 0.414 e. The summed E-state index contributed by atoms with van der Waals surface area (Å²) in [4.78, 5) is 13.1. The first kappa shape index (κ1) is 21.7. The molecule has 1 N–H and O–H groups in total. The molecule has 0 aliphatic rings. The molecular formula is C18H23ClFN3O3. The third-order valence-electron chi connectivity index (χ3n) is 3.30. The lowest BCUT2D eigenvalue weighted by Gasteiger charge is -2.21. The molecule has 6 nitrogen and oxygen atoms in total. The number of carbonyl (C=O) groups excluding carboxylic acids is 1. The average molecular weight is 384 g/mol. The van der Waals surface area contributed by atoms with E-state index < -0.39 is 11.9 Å². The summed E-state index contributed by atoms with van der Waals surface area (Å²) >= 11 is 5.65. The number of methoxy groups -OCH3 is 1. The summed E-state index contributed by atoms with van der Waals surface area (Å²) in [7, 11) is 1.24. The number of anilines is 1. The van der Waals surface area contributed by atoms with E-state index in [0.717, 1.165) is 13.1 Å². The summed E-state index contributed by atoms with van der Waals surface area (Å²) in [5, 5.41) is 14.6. The maximum absolute atomic E-state index is 13.0. The van der Waals surface area contributed by atoms with E-state index in [-0.39, 0.29) is 11.7 Å². The molecule has 1 aromatic heterocycles. The molecule has 1 heterocycles. The molecule has 0 aliphatic heterocycles. The van der Waals surface area contributed by atoms with Crippen LogP contribution in [0.15, 0.2) is 42.6 Å². The van der Waals surface area contributed by atoms with Crippen LogP contribution in [0.5, 0.6) is 0 Å². The van der Waals surface area contributed by atoms with E-state index in [4.69, 9.17) is 16.3 Å². The zero-order valence-electron chi connectivity index (χ0n) is 15.0. The second-order valence-corrected chi connectivity index (χ2v) is 5.56. The standard InChI is InChI=1S/C14H12ClFN2O3.C4H11N/c1-21-14(19)17(12-5-3-11(16)4-6-12)8-10-2-7-13(15)18(20)9-10;1-3-5-4-2/h2-7,9H,8H2,1H3;5H,3-4H2,1-2H3. The molecular weight excluding hydrogens is 361 g/mol. The predicted octanol–water partition coefficient (Wildman–Crippen LogP) is 3.50. The van der Waals surface area contributed by atoms with Crippen LogP contribution in [0.4, 0.5) is 14.9 Å². The minimum atomic E-state index is -0.617. The summed E-state index contributed by atoms with van der Waals surface area (Å²) in [6, 6.07) is 8.43. The molecule has 0 radical (unpaired) electrons. The fraction of sp³-hybridized carbons (Fsp3) is 0.333. The number of pyridine rings is 1. The van der Waals surface area contributed by atoms with Crippen LogP contribution >= 0.6 is 11.6 Å². The van der Waals surface area contributed by atoms with Crippen LogP contribution in [0.25, 0.3) is 0 Å². The molecule has 1 aromatic carbocycles. The van der Waals surface area contributed by atoms with Crippen LogP contribution in [-0.4, -0.2) is 26.3 Å². The van der Waals surface area contributed by atoms with Crippen molar-refractivity contribution in [2.24, 2.45) is 0 Å². The number of carbonyl (C=O) groups is 1. The van der Waals surface area contributed by atoms with Gasteiger partial charge in [-0.05, 0) is 55.0 Å². The Morgan fingerprint density at radius 3 is 2.31 bits per heavy atom. The second kappa shape index (κ2) is 11.3. The molecule has 26 heavy (non-hydrogen) atoms. The monoisotopic (exact) mass is 383 g/mol. The molecule has 0 unspecified atom stereocenters. The minimum Gasteiger partial charge on any atom is -0.618 e. The molecule has 0 bridgehead atoms. The van der Waals surface area contributed by atoms with E-state index in [1.54, 1.807) is 6.07 Å². The normalized spacial score (nSPS) is 9.88. The third kappa shape index (κ3) is 6.85. The number of nitrogens with one attached hydrogen (secondary N) is 1. The summed E-state index contributed by atoms with van der Waals surface area (Å²) in [5.41, 5.74) is 1.01. The number of halogens is 2. The maximum atomic E-state index is 13.0. The highest BCUT2D eigenvalue weighted by Crippen LogP contribution is 2.19. The van der Waals surface area contributed by atoms with Crippen molar-refractivity contribution in [3.63, 3.8) is 0 Å². The van der Waals surface area contributed by atoms with Gasteiger partial charge < -0.3 is 15.3 Å². The number of aromatic nitrogens is 1. The number of rotatable bonds is 5. The number of nitrogens with zero attached hydrogens (tertiary/aromatic N) is 2. The number of hydrogen-bond donors (Lipinski definition) is 1. The second-order valence-electron chi connectivity index (χ2n) is 5.18. The van der Waals surface area contributed by atoms with Crippen molar-refractivity contribution in [2.75, 3.05) is 25.1 Å². The third-order valence-corrected chi connectivity index (χ3v) is 3.60. The molecule has 142 valence electrons. The van der Waals surface area contributed by atoms with Crippen molar-refractivity contribution in [3.8, 4) is 0 Å². The molecule has 0 saturated carbocycles. The van der Waals surface area contributed by atoms with Crippen LogP contribution in [0.3, 0.4) is 0 Å². The summed E-state index contributed by atoms with van der Waals surface area (Å²) in [5.74, 6) is -0.410. The van der Waals surface area contributed by atoms with Gasteiger partial charge in [-0.25, -0.2) is 9.18 Å². The van der Waals surface area contributed by atoms with Crippen molar-refractivity contribution in [3.05, 3.63) is 64.3 Å². The van der Waals surface area contributed by atoms with Gasteiger partial charge in [-0.3, -0.25) is 4.90 Å². The van der Waals surface area contributed by atoms with E-state index in [1.807, 2.05) is 0 Å².